The first-order valence-corrected chi connectivity index (χ1v) is 14.9. The average molecular weight is 536 g/mol. The van der Waals surface area contributed by atoms with E-state index in [0.717, 1.165) is 25.1 Å². The van der Waals surface area contributed by atoms with Gasteiger partial charge in [-0.2, -0.15) is 8.42 Å². The van der Waals surface area contributed by atoms with E-state index in [-0.39, 0.29) is 23.9 Å². The van der Waals surface area contributed by atoms with Crippen LogP contribution in [0.2, 0.25) is 0 Å². The third-order valence-electron chi connectivity index (χ3n) is 7.80. The highest BCUT2D eigenvalue weighted by molar-refractivity contribution is 7.87. The number of esters is 1. The van der Waals surface area contributed by atoms with Gasteiger partial charge < -0.3 is 9.47 Å². The van der Waals surface area contributed by atoms with Crippen molar-refractivity contribution in [1.29, 1.82) is 0 Å². The van der Waals surface area contributed by atoms with Crippen molar-refractivity contribution in [3.63, 3.8) is 0 Å². The minimum absolute atomic E-state index is 0.0228. The van der Waals surface area contributed by atoms with Gasteiger partial charge in [0.2, 0.25) is 5.43 Å². The van der Waals surface area contributed by atoms with Gasteiger partial charge in [-0.25, -0.2) is 4.79 Å². The Kier molecular flexibility index (Phi) is 5.18. The summed E-state index contributed by atoms with van der Waals surface area (Å²) in [5.41, 5.74) is 0.0417. The van der Waals surface area contributed by atoms with Crippen molar-refractivity contribution in [2.45, 2.75) is 30.3 Å². The quantitative estimate of drug-likeness (QED) is 0.160. The standard InChI is InChI=1S/C28H23O7S2/c29-25(34-27-16-13-21-24(14-16)37(31,32)35-28(21)27)15-33-17-9-11-18(12-10-17)36-22-7-3-1-5-19(22)26(30)20-6-2-4-8-23(20)36/h1-12,16,21,24,27-28H,13-15H2/q+1. The molecule has 3 aliphatic rings. The van der Waals surface area contributed by atoms with Gasteiger partial charge in [0.05, 0.1) is 16.0 Å². The lowest BCUT2D eigenvalue weighted by Gasteiger charge is -2.24. The maximum Gasteiger partial charge on any atom is 0.344 e. The Morgan fingerprint density at radius 3 is 2.24 bits per heavy atom. The van der Waals surface area contributed by atoms with E-state index >= 15 is 0 Å². The van der Waals surface area contributed by atoms with E-state index in [4.69, 9.17) is 13.7 Å². The molecule has 2 bridgehead atoms. The molecule has 3 aromatic carbocycles. The normalized spacial score (nSPS) is 27.1. The Balaban J connectivity index is 1.09. The second-order valence-electron chi connectivity index (χ2n) is 9.83. The number of benzene rings is 3. The molecule has 1 aromatic heterocycles. The fourth-order valence-electron chi connectivity index (χ4n) is 6.23. The van der Waals surface area contributed by atoms with Crippen LogP contribution in [0, 0.1) is 11.8 Å². The molecule has 7 rings (SSSR count). The highest BCUT2D eigenvalue weighted by atomic mass is 32.2. The molecule has 5 atom stereocenters. The summed E-state index contributed by atoms with van der Waals surface area (Å²) in [6, 6.07) is 23.0. The number of fused-ring (bicyclic) bond motifs is 3. The molecule has 0 N–H and O–H groups in total. The minimum Gasteiger partial charge on any atom is -0.482 e. The lowest BCUT2D eigenvalue weighted by molar-refractivity contribution is -0.158. The van der Waals surface area contributed by atoms with Crippen LogP contribution in [0.4, 0.5) is 0 Å². The van der Waals surface area contributed by atoms with Crippen molar-refractivity contribution < 1.29 is 26.9 Å². The van der Waals surface area contributed by atoms with Crippen LogP contribution in [0.15, 0.2) is 77.6 Å². The Labute approximate surface area is 215 Å². The van der Waals surface area contributed by atoms with Crippen LogP contribution in [-0.4, -0.2) is 38.5 Å². The second kappa shape index (κ2) is 8.37. The number of hydrogen-bond acceptors (Lipinski definition) is 7. The summed E-state index contributed by atoms with van der Waals surface area (Å²) in [5, 5.41) is 0.992. The number of rotatable bonds is 5. The zero-order valence-electron chi connectivity index (χ0n) is 19.6. The van der Waals surface area contributed by atoms with E-state index in [0.29, 0.717) is 18.6 Å². The zero-order chi connectivity index (χ0) is 25.3. The third-order valence-corrected chi connectivity index (χ3v) is 11.9. The molecule has 4 aromatic rings. The van der Waals surface area contributed by atoms with Gasteiger partial charge in [0, 0.05) is 34.4 Å². The van der Waals surface area contributed by atoms with Crippen LogP contribution >= 0.6 is 10.5 Å². The monoisotopic (exact) mass is 535 g/mol. The molecule has 37 heavy (non-hydrogen) atoms. The number of carbonyl (C=O) groups is 1. The Bertz CT molecular complexity index is 1670. The molecule has 2 aliphatic carbocycles. The van der Waals surface area contributed by atoms with Crippen molar-refractivity contribution in [3.05, 3.63) is 83.0 Å². The lowest BCUT2D eigenvalue weighted by Crippen LogP contribution is -2.38. The molecule has 2 saturated carbocycles. The van der Waals surface area contributed by atoms with E-state index in [1.54, 1.807) is 0 Å². The van der Waals surface area contributed by atoms with Gasteiger partial charge in [-0.15, -0.1) is 0 Å². The van der Waals surface area contributed by atoms with Gasteiger partial charge in [0.25, 0.3) is 10.1 Å². The van der Waals surface area contributed by atoms with Crippen molar-refractivity contribution in [1.82, 2.24) is 0 Å². The van der Waals surface area contributed by atoms with Crippen LogP contribution < -0.4 is 10.2 Å². The second-order valence-corrected chi connectivity index (χ2v) is 13.6. The average Bonchev–Trinajstić information content (AvgIpc) is 3.53. The SMILES string of the molecule is O=C(COc1ccc(-[s+]2c3ccccc3c(=O)c3ccccc32)cc1)OC1C2CC3C1OS(=O)(=O)C3C2. The molecular formula is C28H23O7S2+. The smallest absolute Gasteiger partial charge is 0.344 e. The molecule has 9 heteroatoms. The predicted molar refractivity (Wildman–Crippen MR) is 141 cm³/mol. The first-order valence-electron chi connectivity index (χ1n) is 12.2. The van der Waals surface area contributed by atoms with E-state index in [1.165, 1.54) is 0 Å². The Hall–Kier alpha value is -3.27. The first kappa shape index (κ1) is 22.9. The highest BCUT2D eigenvalue weighted by Gasteiger charge is 2.65. The van der Waals surface area contributed by atoms with Gasteiger partial charge in [-0.05, 0) is 49.2 Å². The van der Waals surface area contributed by atoms with Crippen LogP contribution in [0.3, 0.4) is 0 Å². The first-order chi connectivity index (χ1) is 17.9. The fourth-order valence-corrected chi connectivity index (χ4v) is 10.5. The Morgan fingerprint density at radius 1 is 0.919 bits per heavy atom. The van der Waals surface area contributed by atoms with Gasteiger partial charge in [-0.1, -0.05) is 24.3 Å². The van der Waals surface area contributed by atoms with Crippen LogP contribution in [0.25, 0.3) is 25.1 Å². The molecule has 7 nitrogen and oxygen atoms in total. The Morgan fingerprint density at radius 2 is 1.57 bits per heavy atom. The predicted octanol–water partition coefficient (Wildman–Crippen LogP) is 4.52. The summed E-state index contributed by atoms with van der Waals surface area (Å²) in [4.78, 5) is 26.6. The largest absolute Gasteiger partial charge is 0.482 e. The topological polar surface area (TPSA) is 96.0 Å². The van der Waals surface area contributed by atoms with E-state index in [2.05, 4.69) is 0 Å². The number of carbonyl (C=O) groups excluding carboxylic acids is 1. The summed E-state index contributed by atoms with van der Waals surface area (Å²) < 4.78 is 42.8. The van der Waals surface area contributed by atoms with Crippen molar-refractivity contribution >= 4 is 46.7 Å². The molecule has 2 heterocycles. The molecule has 188 valence electrons. The molecule has 3 fully saturated rings. The lowest BCUT2D eigenvalue weighted by atomic mass is 9.94. The van der Waals surface area contributed by atoms with Gasteiger partial charge in [0.1, 0.15) is 18.0 Å². The summed E-state index contributed by atoms with van der Waals surface area (Å²) in [5.74, 6) is -0.0738. The molecule has 1 aliphatic heterocycles. The molecule has 0 radical (unpaired) electrons. The zero-order valence-corrected chi connectivity index (χ0v) is 21.2. The molecule has 0 spiro atoms. The number of hydrogen-bond donors (Lipinski definition) is 0. The molecule has 1 saturated heterocycles. The summed E-state index contributed by atoms with van der Waals surface area (Å²) in [7, 11) is -3.99. The van der Waals surface area contributed by atoms with Crippen molar-refractivity contribution in [2.24, 2.45) is 11.8 Å². The van der Waals surface area contributed by atoms with Crippen LogP contribution in [-0.2, 0) is 23.8 Å². The van der Waals surface area contributed by atoms with Crippen LogP contribution in [0.5, 0.6) is 5.75 Å². The molecule has 0 amide bonds. The van der Waals surface area contributed by atoms with E-state index < -0.39 is 44.0 Å². The van der Waals surface area contributed by atoms with Gasteiger partial charge >= 0.3 is 5.97 Å². The third kappa shape index (κ3) is 3.59. The minimum atomic E-state index is -3.55. The summed E-state index contributed by atoms with van der Waals surface area (Å²) >= 11 is 0. The maximum atomic E-state index is 13.0. The van der Waals surface area contributed by atoms with Crippen LogP contribution in [0.1, 0.15) is 12.8 Å². The fraction of sp³-hybridized carbons (Fsp3) is 0.286. The number of ether oxygens (including phenoxy) is 2. The van der Waals surface area contributed by atoms with Gasteiger partial charge in [0.15, 0.2) is 20.9 Å². The van der Waals surface area contributed by atoms with E-state index in [1.807, 2.05) is 72.8 Å². The van der Waals surface area contributed by atoms with Crippen molar-refractivity contribution in [2.75, 3.05) is 6.61 Å². The molecular weight excluding hydrogens is 512 g/mol. The summed E-state index contributed by atoms with van der Waals surface area (Å²) in [6.07, 6.45) is 0.108. The van der Waals surface area contributed by atoms with Crippen molar-refractivity contribution in [3.8, 4) is 10.6 Å². The van der Waals surface area contributed by atoms with E-state index in [9.17, 15) is 18.0 Å². The molecule has 5 unspecified atom stereocenters. The highest BCUT2D eigenvalue weighted by Crippen LogP contribution is 2.55. The van der Waals surface area contributed by atoms with Gasteiger partial charge in [-0.3, -0.25) is 8.98 Å². The maximum absolute atomic E-state index is 13.0. The summed E-state index contributed by atoms with van der Waals surface area (Å²) in [6.45, 7) is -0.276.